The molecular weight excluding hydrogens is 210 g/mol. The predicted octanol–water partition coefficient (Wildman–Crippen LogP) is 2.52. The Bertz CT molecular complexity index is 367. The van der Waals surface area contributed by atoms with Crippen LogP contribution < -0.4 is 5.32 Å². The van der Waals surface area contributed by atoms with Gasteiger partial charge in [0.15, 0.2) is 0 Å². The lowest BCUT2D eigenvalue weighted by atomic mass is 9.70. The quantitative estimate of drug-likeness (QED) is 0.872. The minimum Gasteiger partial charge on any atom is -0.311 e. The van der Waals surface area contributed by atoms with Gasteiger partial charge in [0.1, 0.15) is 0 Å². The first-order valence-electron chi connectivity index (χ1n) is 6.67. The summed E-state index contributed by atoms with van der Waals surface area (Å²) in [6, 6.07) is 2.13. The molecule has 0 radical (unpaired) electrons. The second-order valence-electron chi connectivity index (χ2n) is 6.31. The summed E-state index contributed by atoms with van der Waals surface area (Å²) in [7, 11) is 2.03. The zero-order chi connectivity index (χ0) is 12.5. The molecule has 17 heavy (non-hydrogen) atoms. The molecule has 0 bridgehead atoms. The van der Waals surface area contributed by atoms with Gasteiger partial charge in [-0.05, 0) is 43.7 Å². The lowest BCUT2D eigenvalue weighted by Gasteiger charge is -2.42. The second-order valence-corrected chi connectivity index (χ2v) is 6.31. The summed E-state index contributed by atoms with van der Waals surface area (Å²) >= 11 is 0. The largest absolute Gasteiger partial charge is 0.311 e. The Morgan fingerprint density at radius 3 is 2.71 bits per heavy atom. The molecule has 0 amide bonds. The molecule has 2 rings (SSSR count). The van der Waals surface area contributed by atoms with E-state index in [1.54, 1.807) is 0 Å². The third-order valence-corrected chi connectivity index (χ3v) is 4.41. The minimum absolute atomic E-state index is 0.303. The molecule has 96 valence electrons. The molecule has 1 aliphatic heterocycles. The van der Waals surface area contributed by atoms with Gasteiger partial charge in [-0.1, -0.05) is 20.8 Å². The number of rotatable bonds is 3. The zero-order valence-corrected chi connectivity index (χ0v) is 11.6. The molecule has 1 unspecified atom stereocenters. The highest BCUT2D eigenvalue weighted by molar-refractivity contribution is 5.07. The summed E-state index contributed by atoms with van der Waals surface area (Å²) in [5, 5.41) is 8.01. The molecule has 1 aromatic rings. The maximum atomic E-state index is 4.24. The molecule has 1 atom stereocenters. The van der Waals surface area contributed by atoms with Crippen LogP contribution in [0, 0.1) is 5.41 Å². The van der Waals surface area contributed by atoms with Crippen molar-refractivity contribution in [2.45, 2.75) is 52.0 Å². The van der Waals surface area contributed by atoms with Crippen molar-refractivity contribution in [1.82, 2.24) is 15.1 Å². The van der Waals surface area contributed by atoms with Gasteiger partial charge in [-0.2, -0.15) is 5.10 Å². The third-order valence-electron chi connectivity index (χ3n) is 4.41. The first kappa shape index (κ1) is 12.6. The highest BCUT2D eigenvalue weighted by atomic mass is 15.3. The molecule has 0 saturated carbocycles. The van der Waals surface area contributed by atoms with Crippen molar-refractivity contribution in [1.29, 1.82) is 0 Å². The minimum atomic E-state index is 0.303. The highest BCUT2D eigenvalue weighted by Gasteiger charge is 2.43. The van der Waals surface area contributed by atoms with Gasteiger partial charge >= 0.3 is 0 Å². The van der Waals surface area contributed by atoms with E-state index in [9.17, 15) is 0 Å². The number of nitrogens with one attached hydrogen (secondary N) is 1. The number of hydrogen-bond donors (Lipinski definition) is 1. The molecule has 0 spiro atoms. The van der Waals surface area contributed by atoms with Crippen molar-refractivity contribution in [3.05, 3.63) is 18.0 Å². The van der Waals surface area contributed by atoms with E-state index in [4.69, 9.17) is 0 Å². The SMILES string of the molecule is Cn1nccc1CCC1(C(C)(C)C)CCCN1. The summed E-state index contributed by atoms with van der Waals surface area (Å²) in [5.41, 5.74) is 1.96. The van der Waals surface area contributed by atoms with Crippen LogP contribution in [-0.2, 0) is 13.5 Å². The maximum absolute atomic E-state index is 4.24. The van der Waals surface area contributed by atoms with Crippen LogP contribution in [0.5, 0.6) is 0 Å². The summed E-state index contributed by atoms with van der Waals surface area (Å²) in [4.78, 5) is 0. The van der Waals surface area contributed by atoms with E-state index in [0.29, 0.717) is 11.0 Å². The maximum Gasteiger partial charge on any atom is 0.0492 e. The molecule has 1 N–H and O–H groups in total. The smallest absolute Gasteiger partial charge is 0.0492 e. The molecular formula is C14H25N3. The first-order valence-corrected chi connectivity index (χ1v) is 6.67. The Labute approximate surface area is 105 Å². The average molecular weight is 235 g/mol. The summed E-state index contributed by atoms with van der Waals surface area (Å²) in [6.45, 7) is 8.24. The van der Waals surface area contributed by atoms with Crippen molar-refractivity contribution < 1.29 is 0 Å². The van der Waals surface area contributed by atoms with Crippen LogP contribution in [0.3, 0.4) is 0 Å². The molecule has 2 heterocycles. The van der Waals surface area contributed by atoms with E-state index in [0.717, 1.165) is 6.42 Å². The van der Waals surface area contributed by atoms with Crippen LogP contribution in [0.4, 0.5) is 0 Å². The summed E-state index contributed by atoms with van der Waals surface area (Å²) in [5.74, 6) is 0. The van der Waals surface area contributed by atoms with Gasteiger partial charge in [0.2, 0.25) is 0 Å². The molecule has 3 nitrogen and oxygen atoms in total. The van der Waals surface area contributed by atoms with Gasteiger partial charge in [-0.25, -0.2) is 0 Å². The second kappa shape index (κ2) is 4.45. The molecule has 1 aliphatic rings. The molecule has 1 fully saturated rings. The third kappa shape index (κ3) is 2.39. The Balaban J connectivity index is 2.07. The highest BCUT2D eigenvalue weighted by Crippen LogP contribution is 2.40. The number of aryl methyl sites for hydroxylation is 2. The van der Waals surface area contributed by atoms with Crippen molar-refractivity contribution in [3.8, 4) is 0 Å². The van der Waals surface area contributed by atoms with Crippen molar-refractivity contribution >= 4 is 0 Å². The van der Waals surface area contributed by atoms with E-state index in [1.807, 2.05) is 17.9 Å². The molecule has 1 saturated heterocycles. The van der Waals surface area contributed by atoms with Crippen LogP contribution in [0.25, 0.3) is 0 Å². The van der Waals surface area contributed by atoms with E-state index < -0.39 is 0 Å². The fourth-order valence-electron chi connectivity index (χ4n) is 3.02. The molecule has 0 aromatic carbocycles. The Morgan fingerprint density at radius 2 is 2.24 bits per heavy atom. The number of nitrogens with zero attached hydrogens (tertiary/aromatic N) is 2. The van der Waals surface area contributed by atoms with Gasteiger partial charge in [0.05, 0.1) is 0 Å². The van der Waals surface area contributed by atoms with E-state index in [-0.39, 0.29) is 0 Å². The van der Waals surface area contributed by atoms with Crippen molar-refractivity contribution in [3.63, 3.8) is 0 Å². The lowest BCUT2D eigenvalue weighted by Crippen LogP contribution is -2.51. The number of aromatic nitrogens is 2. The van der Waals surface area contributed by atoms with Crippen molar-refractivity contribution in [2.75, 3.05) is 6.54 Å². The number of hydrogen-bond acceptors (Lipinski definition) is 2. The standard InChI is InChI=1S/C14H25N3/c1-13(2,3)14(8-5-10-15-14)9-6-12-7-11-16-17(12)4/h7,11,15H,5-6,8-10H2,1-4H3. The van der Waals surface area contributed by atoms with Crippen molar-refractivity contribution in [2.24, 2.45) is 12.5 Å². The Hall–Kier alpha value is -0.830. The molecule has 3 heteroatoms. The van der Waals surface area contributed by atoms with Crippen LogP contribution in [0.1, 0.15) is 45.7 Å². The van der Waals surface area contributed by atoms with E-state index >= 15 is 0 Å². The summed E-state index contributed by atoms with van der Waals surface area (Å²) in [6.07, 6.45) is 6.81. The monoisotopic (exact) mass is 235 g/mol. The normalized spacial score (nSPS) is 25.4. The van der Waals surface area contributed by atoms with Crippen LogP contribution in [0.15, 0.2) is 12.3 Å². The zero-order valence-electron chi connectivity index (χ0n) is 11.6. The van der Waals surface area contributed by atoms with E-state index in [1.165, 1.54) is 31.5 Å². The van der Waals surface area contributed by atoms with Crippen LogP contribution in [0.2, 0.25) is 0 Å². The van der Waals surface area contributed by atoms with Gasteiger partial charge in [-0.3, -0.25) is 4.68 Å². The Morgan fingerprint density at radius 1 is 1.47 bits per heavy atom. The van der Waals surface area contributed by atoms with Crippen LogP contribution >= 0.6 is 0 Å². The van der Waals surface area contributed by atoms with Crippen LogP contribution in [-0.4, -0.2) is 21.9 Å². The molecule has 0 aliphatic carbocycles. The van der Waals surface area contributed by atoms with Gasteiger partial charge in [-0.15, -0.1) is 0 Å². The predicted molar refractivity (Wildman–Crippen MR) is 71.0 cm³/mol. The average Bonchev–Trinajstić information content (AvgIpc) is 2.83. The van der Waals surface area contributed by atoms with Gasteiger partial charge < -0.3 is 5.32 Å². The van der Waals surface area contributed by atoms with E-state index in [2.05, 4.69) is 37.3 Å². The molecule has 1 aromatic heterocycles. The fourth-order valence-corrected chi connectivity index (χ4v) is 3.02. The Kier molecular flexibility index (Phi) is 3.30. The lowest BCUT2D eigenvalue weighted by molar-refractivity contribution is 0.147. The van der Waals surface area contributed by atoms with Gasteiger partial charge in [0.25, 0.3) is 0 Å². The summed E-state index contributed by atoms with van der Waals surface area (Å²) < 4.78 is 1.99. The fraction of sp³-hybridized carbons (Fsp3) is 0.786. The van der Waals surface area contributed by atoms with Gasteiger partial charge in [0, 0.05) is 24.5 Å². The topological polar surface area (TPSA) is 29.9 Å². The first-order chi connectivity index (χ1) is 7.95.